The molecule has 14 heavy (non-hydrogen) atoms. The number of anilines is 1. The van der Waals surface area contributed by atoms with Crippen LogP contribution in [0.5, 0.6) is 0 Å². The van der Waals surface area contributed by atoms with Crippen LogP contribution in [0.3, 0.4) is 0 Å². The van der Waals surface area contributed by atoms with E-state index in [1.807, 2.05) is 5.38 Å². The Balaban J connectivity index is 2.11. The van der Waals surface area contributed by atoms with E-state index in [-0.39, 0.29) is 5.78 Å². The van der Waals surface area contributed by atoms with Crippen LogP contribution in [0.4, 0.5) is 5.82 Å². The minimum Gasteiger partial charge on any atom is -0.353 e. The number of hydrogen-bond acceptors (Lipinski definition) is 5. The second kappa shape index (κ2) is 4.06. The molecule has 0 radical (unpaired) electrons. The van der Waals surface area contributed by atoms with E-state index in [0.29, 0.717) is 5.01 Å². The van der Waals surface area contributed by atoms with Crippen LogP contribution in [0.2, 0.25) is 0 Å². The fourth-order valence-electron chi connectivity index (χ4n) is 1.47. The zero-order valence-electron chi connectivity index (χ0n) is 8.12. The number of nitrogens with one attached hydrogen (secondary N) is 1. The van der Waals surface area contributed by atoms with Gasteiger partial charge in [0.1, 0.15) is 5.82 Å². The summed E-state index contributed by atoms with van der Waals surface area (Å²) in [6, 6.07) is 0. The maximum Gasteiger partial charge on any atom is 0.188 e. The molecule has 2 heterocycles. The Hall–Kier alpha value is -0.940. The molecule has 2 rings (SSSR count). The molecule has 1 N–H and O–H groups in total. The van der Waals surface area contributed by atoms with Crippen LogP contribution < -0.4 is 10.2 Å². The number of aromatic nitrogens is 1. The summed E-state index contributed by atoms with van der Waals surface area (Å²) in [6.45, 7) is 5.49. The number of Topliss-reactive ketones (excluding diaryl/α,β-unsaturated/α-hetero) is 1. The molecule has 0 aliphatic carbocycles. The minimum absolute atomic E-state index is 0.0522. The normalized spacial score (nSPS) is 17.1. The molecular formula is C9H13N3OS. The Bertz CT molecular complexity index is 331. The van der Waals surface area contributed by atoms with Crippen molar-refractivity contribution in [1.29, 1.82) is 0 Å². The first kappa shape index (κ1) is 9.61. The quantitative estimate of drug-likeness (QED) is 0.733. The van der Waals surface area contributed by atoms with Crippen molar-refractivity contribution in [1.82, 2.24) is 10.3 Å². The van der Waals surface area contributed by atoms with Crippen LogP contribution in [0.15, 0.2) is 5.38 Å². The molecule has 0 unspecified atom stereocenters. The molecule has 5 heteroatoms. The first-order valence-electron chi connectivity index (χ1n) is 4.69. The van der Waals surface area contributed by atoms with E-state index in [4.69, 9.17) is 0 Å². The van der Waals surface area contributed by atoms with Gasteiger partial charge in [-0.25, -0.2) is 4.98 Å². The molecule has 1 fully saturated rings. The van der Waals surface area contributed by atoms with Crippen LogP contribution >= 0.6 is 11.3 Å². The third-order valence-electron chi connectivity index (χ3n) is 2.23. The smallest absolute Gasteiger partial charge is 0.188 e. The van der Waals surface area contributed by atoms with Gasteiger partial charge in [-0.05, 0) is 0 Å². The number of hydrogen-bond donors (Lipinski definition) is 1. The summed E-state index contributed by atoms with van der Waals surface area (Å²) in [5.41, 5.74) is 0. The van der Waals surface area contributed by atoms with Crippen molar-refractivity contribution in [3.63, 3.8) is 0 Å². The SMILES string of the molecule is CC(=O)c1nc(N2CCNCC2)cs1. The molecule has 0 aromatic carbocycles. The van der Waals surface area contributed by atoms with Gasteiger partial charge in [-0.15, -0.1) is 11.3 Å². The molecule has 1 aromatic heterocycles. The molecule has 0 amide bonds. The van der Waals surface area contributed by atoms with Crippen LogP contribution in [0, 0.1) is 0 Å². The van der Waals surface area contributed by atoms with Crippen LogP contribution in [0.25, 0.3) is 0 Å². The van der Waals surface area contributed by atoms with Gasteiger partial charge in [0.05, 0.1) is 0 Å². The van der Waals surface area contributed by atoms with E-state index in [1.165, 1.54) is 11.3 Å². The van der Waals surface area contributed by atoms with E-state index in [0.717, 1.165) is 32.0 Å². The van der Waals surface area contributed by atoms with Gasteiger partial charge in [0.2, 0.25) is 0 Å². The Morgan fingerprint density at radius 2 is 2.29 bits per heavy atom. The number of carbonyl (C=O) groups excluding carboxylic acids is 1. The van der Waals surface area contributed by atoms with Crippen molar-refractivity contribution in [3.05, 3.63) is 10.4 Å². The third kappa shape index (κ3) is 1.93. The molecule has 1 aliphatic heterocycles. The van der Waals surface area contributed by atoms with Gasteiger partial charge in [-0.3, -0.25) is 4.79 Å². The monoisotopic (exact) mass is 211 g/mol. The molecule has 1 aliphatic rings. The lowest BCUT2D eigenvalue weighted by atomic mass is 10.4. The average molecular weight is 211 g/mol. The highest BCUT2D eigenvalue weighted by Crippen LogP contribution is 2.18. The number of piperazine rings is 1. The summed E-state index contributed by atoms with van der Waals surface area (Å²) in [7, 11) is 0. The number of thiazole rings is 1. The Kier molecular flexibility index (Phi) is 2.79. The number of rotatable bonds is 2. The lowest BCUT2D eigenvalue weighted by Crippen LogP contribution is -2.43. The molecule has 1 saturated heterocycles. The van der Waals surface area contributed by atoms with Crippen molar-refractivity contribution in [2.24, 2.45) is 0 Å². The highest BCUT2D eigenvalue weighted by molar-refractivity contribution is 7.12. The van der Waals surface area contributed by atoms with E-state index < -0.39 is 0 Å². The summed E-state index contributed by atoms with van der Waals surface area (Å²) in [6.07, 6.45) is 0. The Morgan fingerprint density at radius 1 is 1.57 bits per heavy atom. The molecule has 0 bridgehead atoms. The summed E-state index contributed by atoms with van der Waals surface area (Å²) < 4.78 is 0. The van der Waals surface area contributed by atoms with E-state index in [9.17, 15) is 4.79 Å². The van der Waals surface area contributed by atoms with Gasteiger partial charge >= 0.3 is 0 Å². The van der Waals surface area contributed by atoms with E-state index >= 15 is 0 Å². The highest BCUT2D eigenvalue weighted by Gasteiger charge is 2.14. The van der Waals surface area contributed by atoms with Gasteiger partial charge in [-0.1, -0.05) is 0 Å². The summed E-state index contributed by atoms with van der Waals surface area (Å²) in [4.78, 5) is 17.6. The maximum atomic E-state index is 11.1. The number of ketones is 1. The second-order valence-corrected chi connectivity index (χ2v) is 4.16. The average Bonchev–Trinajstić information content (AvgIpc) is 2.68. The largest absolute Gasteiger partial charge is 0.353 e. The predicted molar refractivity (Wildman–Crippen MR) is 57.2 cm³/mol. The zero-order chi connectivity index (χ0) is 9.97. The van der Waals surface area contributed by atoms with Crippen molar-refractivity contribution in [3.8, 4) is 0 Å². The number of carbonyl (C=O) groups is 1. The molecule has 1 aromatic rings. The van der Waals surface area contributed by atoms with Crippen molar-refractivity contribution >= 4 is 22.9 Å². The first-order valence-corrected chi connectivity index (χ1v) is 5.57. The summed E-state index contributed by atoms with van der Waals surface area (Å²) in [5.74, 6) is 0.998. The first-order chi connectivity index (χ1) is 6.77. The fraction of sp³-hybridized carbons (Fsp3) is 0.556. The van der Waals surface area contributed by atoms with Crippen LogP contribution in [0.1, 0.15) is 16.7 Å². The van der Waals surface area contributed by atoms with Crippen LogP contribution in [-0.2, 0) is 0 Å². The lowest BCUT2D eigenvalue weighted by Gasteiger charge is -2.27. The highest BCUT2D eigenvalue weighted by atomic mass is 32.1. The zero-order valence-corrected chi connectivity index (χ0v) is 8.93. The molecule has 4 nitrogen and oxygen atoms in total. The molecule has 0 saturated carbocycles. The number of nitrogens with zero attached hydrogens (tertiary/aromatic N) is 2. The van der Waals surface area contributed by atoms with E-state index in [1.54, 1.807) is 6.92 Å². The molecule has 0 spiro atoms. The Labute approximate surface area is 86.9 Å². The van der Waals surface area contributed by atoms with Gasteiger partial charge in [-0.2, -0.15) is 0 Å². The van der Waals surface area contributed by atoms with Gasteiger partial charge < -0.3 is 10.2 Å². The minimum atomic E-state index is 0.0522. The van der Waals surface area contributed by atoms with Gasteiger partial charge in [0, 0.05) is 38.5 Å². The summed E-state index contributed by atoms with van der Waals surface area (Å²) >= 11 is 1.43. The maximum absolute atomic E-state index is 11.1. The summed E-state index contributed by atoms with van der Waals surface area (Å²) in [5, 5.41) is 5.85. The standard InChI is InChI=1S/C9H13N3OS/c1-7(13)9-11-8(6-14-9)12-4-2-10-3-5-12/h6,10H,2-5H2,1H3. The van der Waals surface area contributed by atoms with Gasteiger partial charge in [0.15, 0.2) is 10.8 Å². The van der Waals surface area contributed by atoms with Crippen LogP contribution in [-0.4, -0.2) is 36.9 Å². The third-order valence-corrected chi connectivity index (χ3v) is 3.16. The fourth-order valence-corrected chi connectivity index (χ4v) is 2.20. The van der Waals surface area contributed by atoms with Crippen molar-refractivity contribution in [2.75, 3.05) is 31.1 Å². The second-order valence-electron chi connectivity index (χ2n) is 3.30. The molecule has 76 valence electrons. The van der Waals surface area contributed by atoms with Gasteiger partial charge in [0.25, 0.3) is 0 Å². The lowest BCUT2D eigenvalue weighted by molar-refractivity contribution is 0.101. The Morgan fingerprint density at radius 3 is 2.86 bits per heavy atom. The van der Waals surface area contributed by atoms with Crippen molar-refractivity contribution < 1.29 is 4.79 Å². The topological polar surface area (TPSA) is 45.2 Å². The van der Waals surface area contributed by atoms with Crippen molar-refractivity contribution in [2.45, 2.75) is 6.92 Å². The predicted octanol–water partition coefficient (Wildman–Crippen LogP) is 0.755. The molecular weight excluding hydrogens is 198 g/mol. The molecule has 0 atom stereocenters. The van der Waals surface area contributed by atoms with E-state index in [2.05, 4.69) is 15.2 Å².